The lowest BCUT2D eigenvalue weighted by atomic mass is 10.4. The number of nitrogens with zero attached hydrogens (tertiary/aromatic N) is 1. The fourth-order valence-electron chi connectivity index (χ4n) is 1.72. The molecule has 1 heterocycles. The molecular formula is C8H19N2O5S2+. The Labute approximate surface area is 103 Å². The van der Waals surface area contributed by atoms with E-state index >= 15 is 0 Å². The van der Waals surface area contributed by atoms with Crippen molar-refractivity contribution in [2.24, 2.45) is 0 Å². The molecule has 1 aliphatic rings. The first-order valence-corrected chi connectivity index (χ1v) is 8.98. The summed E-state index contributed by atoms with van der Waals surface area (Å²) in [6, 6.07) is 0. The van der Waals surface area contributed by atoms with E-state index in [0.717, 1.165) is 11.2 Å². The normalized spacial score (nSPS) is 20.6. The third-order valence-electron chi connectivity index (χ3n) is 2.65. The van der Waals surface area contributed by atoms with E-state index in [1.54, 1.807) is 0 Å². The van der Waals surface area contributed by atoms with E-state index in [1.807, 2.05) is 0 Å². The van der Waals surface area contributed by atoms with E-state index in [1.165, 1.54) is 10.6 Å². The van der Waals surface area contributed by atoms with Gasteiger partial charge in [-0.05, 0) is 0 Å². The molecule has 0 aliphatic carbocycles. The Bertz CT molecular complexity index is 434. The maximum Gasteiger partial charge on any atom is 0.264 e. The number of piperazine rings is 1. The van der Waals surface area contributed by atoms with E-state index < -0.39 is 20.1 Å². The summed E-state index contributed by atoms with van der Waals surface area (Å²) in [4.78, 5) is 1.16. The first-order valence-electron chi connectivity index (χ1n) is 5.31. The smallest absolute Gasteiger partial charge is 0.264 e. The van der Waals surface area contributed by atoms with Crippen LogP contribution in [0.5, 0.6) is 0 Å². The van der Waals surface area contributed by atoms with Gasteiger partial charge in [0.05, 0.1) is 38.7 Å². The van der Waals surface area contributed by atoms with Crippen LogP contribution in [-0.2, 0) is 24.3 Å². The van der Waals surface area contributed by atoms with Crippen LogP contribution in [0.1, 0.15) is 0 Å². The fraction of sp³-hybridized carbons (Fsp3) is 1.00. The van der Waals surface area contributed by atoms with Crippen molar-refractivity contribution in [1.29, 1.82) is 0 Å². The van der Waals surface area contributed by atoms with Crippen LogP contribution in [0.2, 0.25) is 0 Å². The van der Waals surface area contributed by atoms with Crippen LogP contribution in [-0.4, -0.2) is 73.0 Å². The molecule has 0 amide bonds. The van der Waals surface area contributed by atoms with Gasteiger partial charge in [0.25, 0.3) is 10.1 Å². The van der Waals surface area contributed by atoms with Gasteiger partial charge in [0.2, 0.25) is 10.0 Å². The van der Waals surface area contributed by atoms with E-state index in [9.17, 15) is 16.8 Å². The number of quaternary nitrogens is 1. The molecule has 1 rings (SSSR count). The Balaban J connectivity index is 2.29. The number of rotatable bonds is 5. The van der Waals surface area contributed by atoms with Crippen LogP contribution in [0.4, 0.5) is 0 Å². The van der Waals surface area contributed by atoms with Crippen LogP contribution in [0.15, 0.2) is 0 Å². The molecule has 1 aliphatic heterocycles. The summed E-state index contributed by atoms with van der Waals surface area (Å²) >= 11 is 0. The van der Waals surface area contributed by atoms with Crippen LogP contribution < -0.4 is 4.90 Å². The lowest BCUT2D eigenvalue weighted by Crippen LogP contribution is -3.15. The predicted molar refractivity (Wildman–Crippen MR) is 62.8 cm³/mol. The van der Waals surface area contributed by atoms with E-state index in [2.05, 4.69) is 4.18 Å². The molecule has 9 heteroatoms. The Morgan fingerprint density at radius 1 is 1.12 bits per heavy atom. The highest BCUT2D eigenvalue weighted by Gasteiger charge is 2.25. The third kappa shape index (κ3) is 5.77. The van der Waals surface area contributed by atoms with Gasteiger partial charge >= 0.3 is 0 Å². The summed E-state index contributed by atoms with van der Waals surface area (Å²) in [6.07, 6.45) is 2.22. The molecule has 0 bridgehead atoms. The summed E-state index contributed by atoms with van der Waals surface area (Å²) in [5.74, 6) is 0. The molecular weight excluding hydrogens is 268 g/mol. The Kier molecular flexibility index (Phi) is 4.90. The minimum Gasteiger partial charge on any atom is -0.331 e. The Morgan fingerprint density at radius 3 is 2.06 bits per heavy atom. The molecule has 0 unspecified atom stereocenters. The Morgan fingerprint density at radius 2 is 1.65 bits per heavy atom. The summed E-state index contributed by atoms with van der Waals surface area (Å²) in [7, 11) is -6.48. The molecule has 1 saturated heterocycles. The first kappa shape index (κ1) is 14.8. The van der Waals surface area contributed by atoms with Gasteiger partial charge in [0.1, 0.15) is 13.2 Å². The molecule has 102 valence electrons. The molecule has 0 saturated carbocycles. The monoisotopic (exact) mass is 287 g/mol. The Hall–Kier alpha value is -0.220. The van der Waals surface area contributed by atoms with E-state index in [0.29, 0.717) is 32.7 Å². The zero-order valence-electron chi connectivity index (χ0n) is 10.0. The second-order valence-corrected chi connectivity index (χ2v) is 7.81. The molecule has 17 heavy (non-hydrogen) atoms. The molecule has 0 aromatic heterocycles. The van der Waals surface area contributed by atoms with Gasteiger partial charge in [-0.2, -0.15) is 12.7 Å². The number of hydrogen-bond acceptors (Lipinski definition) is 5. The van der Waals surface area contributed by atoms with Gasteiger partial charge in [-0.25, -0.2) is 8.42 Å². The summed E-state index contributed by atoms with van der Waals surface area (Å²) in [5, 5.41) is 0. The minimum absolute atomic E-state index is 0.146. The second-order valence-electron chi connectivity index (χ2n) is 4.19. The molecule has 7 nitrogen and oxygen atoms in total. The lowest BCUT2D eigenvalue weighted by Gasteiger charge is -2.30. The summed E-state index contributed by atoms with van der Waals surface area (Å²) in [5.41, 5.74) is 0. The van der Waals surface area contributed by atoms with Crippen molar-refractivity contribution in [3.63, 3.8) is 0 Å². The zero-order chi connectivity index (χ0) is 13.1. The summed E-state index contributed by atoms with van der Waals surface area (Å²) in [6.45, 7) is 3.04. The van der Waals surface area contributed by atoms with Crippen LogP contribution in [0, 0.1) is 0 Å². The quantitative estimate of drug-likeness (QED) is 0.549. The topological polar surface area (TPSA) is 85.2 Å². The average molecular weight is 287 g/mol. The fourth-order valence-corrected chi connectivity index (χ4v) is 2.95. The molecule has 0 spiro atoms. The summed E-state index contributed by atoms with van der Waals surface area (Å²) < 4.78 is 50.1. The van der Waals surface area contributed by atoms with Crippen molar-refractivity contribution in [2.45, 2.75) is 0 Å². The standard InChI is InChI=1S/C8H18N2O5S2/c1-16(11,12)10-5-3-9(4-6-10)7-8-15-17(2,13)14/h3-8H2,1-2H3/p+1. The van der Waals surface area contributed by atoms with Crippen molar-refractivity contribution < 1.29 is 25.9 Å². The largest absolute Gasteiger partial charge is 0.331 e. The van der Waals surface area contributed by atoms with Crippen LogP contribution >= 0.6 is 0 Å². The molecule has 1 N–H and O–H groups in total. The lowest BCUT2D eigenvalue weighted by molar-refractivity contribution is -0.903. The highest BCUT2D eigenvalue weighted by Crippen LogP contribution is 1.96. The zero-order valence-corrected chi connectivity index (χ0v) is 11.7. The van der Waals surface area contributed by atoms with Crippen molar-refractivity contribution in [1.82, 2.24) is 4.31 Å². The van der Waals surface area contributed by atoms with Gasteiger partial charge in [-0.15, -0.1) is 0 Å². The average Bonchev–Trinajstić information content (AvgIpc) is 2.15. The number of nitrogens with one attached hydrogen (secondary N) is 1. The maximum absolute atomic E-state index is 11.3. The van der Waals surface area contributed by atoms with Gasteiger partial charge < -0.3 is 4.90 Å². The molecule has 1 fully saturated rings. The third-order valence-corrected chi connectivity index (χ3v) is 4.55. The van der Waals surface area contributed by atoms with Crippen molar-refractivity contribution in [2.75, 3.05) is 51.8 Å². The molecule has 0 aromatic rings. The second kappa shape index (κ2) is 5.61. The van der Waals surface area contributed by atoms with Crippen LogP contribution in [0.25, 0.3) is 0 Å². The highest BCUT2D eigenvalue weighted by atomic mass is 32.2. The van der Waals surface area contributed by atoms with Gasteiger partial charge in [0, 0.05) is 0 Å². The van der Waals surface area contributed by atoms with E-state index in [4.69, 9.17) is 0 Å². The number of hydrogen-bond donors (Lipinski definition) is 1. The molecule has 0 aromatic carbocycles. The first-order chi connectivity index (χ1) is 7.68. The molecule has 0 radical (unpaired) electrons. The van der Waals surface area contributed by atoms with Gasteiger partial charge in [0.15, 0.2) is 0 Å². The highest BCUT2D eigenvalue weighted by molar-refractivity contribution is 7.88. The SMILES string of the molecule is CS(=O)(=O)OCC[NH+]1CCN(S(C)(=O)=O)CC1. The molecule has 0 atom stereocenters. The maximum atomic E-state index is 11.3. The predicted octanol–water partition coefficient (Wildman–Crippen LogP) is -2.88. The van der Waals surface area contributed by atoms with E-state index in [-0.39, 0.29) is 6.61 Å². The van der Waals surface area contributed by atoms with Crippen molar-refractivity contribution >= 4 is 20.1 Å². The number of sulfonamides is 1. The van der Waals surface area contributed by atoms with Crippen molar-refractivity contribution in [3.05, 3.63) is 0 Å². The minimum atomic E-state index is -3.38. The van der Waals surface area contributed by atoms with Crippen LogP contribution in [0.3, 0.4) is 0 Å². The van der Waals surface area contributed by atoms with Gasteiger partial charge in [-0.1, -0.05) is 0 Å². The van der Waals surface area contributed by atoms with Gasteiger partial charge in [-0.3, -0.25) is 4.18 Å². The van der Waals surface area contributed by atoms with Crippen molar-refractivity contribution in [3.8, 4) is 0 Å².